The monoisotopic (exact) mass is 348 g/mol. The molecule has 1 heterocycles. The minimum absolute atomic E-state index is 0.0917. The Bertz CT molecular complexity index is 489. The summed E-state index contributed by atoms with van der Waals surface area (Å²) in [5.41, 5.74) is 1.51. The zero-order valence-corrected chi connectivity index (χ0v) is 15.3. The van der Waals surface area contributed by atoms with Crippen molar-refractivity contribution in [1.29, 1.82) is 0 Å². The van der Waals surface area contributed by atoms with Gasteiger partial charge in [0.15, 0.2) is 0 Å². The van der Waals surface area contributed by atoms with Gasteiger partial charge in [0.05, 0.1) is 13.2 Å². The van der Waals surface area contributed by atoms with E-state index in [2.05, 4.69) is 11.4 Å². The fourth-order valence-corrected chi connectivity index (χ4v) is 4.27. The molecule has 0 aromatic carbocycles. The van der Waals surface area contributed by atoms with Crippen molar-refractivity contribution in [3.05, 3.63) is 11.6 Å². The molecule has 5 heteroatoms. The van der Waals surface area contributed by atoms with Gasteiger partial charge in [-0.15, -0.1) is 0 Å². The molecular formula is C20H32N2O3. The fraction of sp³-hybridized carbons (Fsp3) is 0.800. The summed E-state index contributed by atoms with van der Waals surface area (Å²) in [4.78, 5) is 26.9. The third-order valence-corrected chi connectivity index (χ3v) is 5.90. The number of hydrogen-bond donors (Lipinski definition) is 1. The van der Waals surface area contributed by atoms with Crippen molar-refractivity contribution >= 4 is 11.8 Å². The van der Waals surface area contributed by atoms with Gasteiger partial charge in [-0.2, -0.15) is 0 Å². The van der Waals surface area contributed by atoms with E-state index in [9.17, 15) is 9.59 Å². The number of nitrogens with one attached hydrogen (secondary N) is 1. The Labute approximate surface area is 151 Å². The van der Waals surface area contributed by atoms with Crippen LogP contribution in [0.5, 0.6) is 0 Å². The summed E-state index contributed by atoms with van der Waals surface area (Å²) in [5.74, 6) is 0.656. The number of amides is 2. The van der Waals surface area contributed by atoms with Gasteiger partial charge in [0.1, 0.15) is 0 Å². The average Bonchev–Trinajstić information content (AvgIpc) is 2.69. The highest BCUT2D eigenvalue weighted by molar-refractivity contribution is 5.81. The summed E-state index contributed by atoms with van der Waals surface area (Å²) in [6.07, 6.45) is 11.7. The molecule has 0 unspecified atom stereocenters. The third kappa shape index (κ3) is 5.30. The van der Waals surface area contributed by atoms with Gasteiger partial charge in [0, 0.05) is 31.5 Å². The lowest BCUT2D eigenvalue weighted by atomic mass is 9.81. The van der Waals surface area contributed by atoms with Gasteiger partial charge in [0.2, 0.25) is 11.8 Å². The second-order valence-electron chi connectivity index (χ2n) is 7.64. The molecule has 2 aliphatic carbocycles. The molecule has 140 valence electrons. The van der Waals surface area contributed by atoms with Gasteiger partial charge < -0.3 is 15.0 Å². The lowest BCUT2D eigenvalue weighted by Gasteiger charge is -2.33. The number of carbonyl (C=O) groups excluding carboxylic acids is 2. The normalized spacial score (nSPS) is 27.5. The Morgan fingerprint density at radius 1 is 1.08 bits per heavy atom. The number of allylic oxidation sites excluding steroid dienone is 1. The smallest absolute Gasteiger partial charge is 0.225 e. The Morgan fingerprint density at radius 3 is 2.48 bits per heavy atom. The van der Waals surface area contributed by atoms with Gasteiger partial charge >= 0.3 is 0 Å². The molecule has 2 amide bonds. The highest BCUT2D eigenvalue weighted by Gasteiger charge is 2.32. The predicted molar refractivity (Wildman–Crippen MR) is 97.0 cm³/mol. The molecule has 0 radical (unpaired) electrons. The molecule has 3 rings (SSSR count). The molecule has 0 aromatic rings. The number of nitrogens with zero attached hydrogens (tertiary/aromatic N) is 1. The van der Waals surface area contributed by atoms with Crippen LogP contribution in [-0.4, -0.2) is 49.6 Å². The van der Waals surface area contributed by atoms with Crippen molar-refractivity contribution in [1.82, 2.24) is 10.2 Å². The zero-order valence-electron chi connectivity index (χ0n) is 15.3. The fourth-order valence-electron chi connectivity index (χ4n) is 4.27. The molecule has 0 spiro atoms. The van der Waals surface area contributed by atoms with E-state index in [1.54, 1.807) is 0 Å². The maximum Gasteiger partial charge on any atom is 0.225 e. The minimum atomic E-state index is 0.0917. The second kappa shape index (κ2) is 9.37. The summed E-state index contributed by atoms with van der Waals surface area (Å²) < 4.78 is 5.32. The zero-order chi connectivity index (χ0) is 17.5. The first-order valence-electron chi connectivity index (χ1n) is 10.1. The van der Waals surface area contributed by atoms with Crippen molar-refractivity contribution < 1.29 is 14.3 Å². The van der Waals surface area contributed by atoms with E-state index in [-0.39, 0.29) is 23.7 Å². The van der Waals surface area contributed by atoms with Gasteiger partial charge in [0.25, 0.3) is 0 Å². The lowest BCUT2D eigenvalue weighted by molar-refractivity contribution is -0.142. The van der Waals surface area contributed by atoms with E-state index in [4.69, 9.17) is 4.74 Å². The number of rotatable bonds is 5. The van der Waals surface area contributed by atoms with E-state index in [1.165, 1.54) is 31.3 Å². The Morgan fingerprint density at radius 2 is 1.80 bits per heavy atom. The van der Waals surface area contributed by atoms with Crippen LogP contribution in [0, 0.1) is 11.8 Å². The van der Waals surface area contributed by atoms with Gasteiger partial charge in [-0.05, 0) is 57.8 Å². The van der Waals surface area contributed by atoms with Crippen LogP contribution in [0.4, 0.5) is 0 Å². The molecular weight excluding hydrogens is 316 g/mol. The molecule has 2 fully saturated rings. The highest BCUT2D eigenvalue weighted by Crippen LogP contribution is 2.30. The van der Waals surface area contributed by atoms with Crippen molar-refractivity contribution in [2.75, 3.05) is 32.8 Å². The molecule has 1 aliphatic heterocycles. The first-order chi connectivity index (χ1) is 12.2. The van der Waals surface area contributed by atoms with Crippen molar-refractivity contribution in [2.24, 2.45) is 11.8 Å². The SMILES string of the molecule is O=C(NCCC1=CCCCC1)C1CCC(C(=O)N2CCOCC2)CC1. The topological polar surface area (TPSA) is 58.6 Å². The molecule has 25 heavy (non-hydrogen) atoms. The van der Waals surface area contributed by atoms with E-state index >= 15 is 0 Å². The number of carbonyl (C=O) groups is 2. The van der Waals surface area contributed by atoms with Crippen LogP contribution >= 0.6 is 0 Å². The third-order valence-electron chi connectivity index (χ3n) is 5.90. The van der Waals surface area contributed by atoms with Crippen molar-refractivity contribution in [3.8, 4) is 0 Å². The molecule has 0 bridgehead atoms. The van der Waals surface area contributed by atoms with E-state index in [0.717, 1.165) is 51.7 Å². The van der Waals surface area contributed by atoms with Gasteiger partial charge in [-0.1, -0.05) is 11.6 Å². The van der Waals surface area contributed by atoms with Crippen molar-refractivity contribution in [2.45, 2.75) is 57.8 Å². The van der Waals surface area contributed by atoms with Crippen LogP contribution in [0.15, 0.2) is 11.6 Å². The summed E-state index contributed by atoms with van der Waals surface area (Å²) in [7, 11) is 0. The lowest BCUT2D eigenvalue weighted by Crippen LogP contribution is -2.45. The van der Waals surface area contributed by atoms with Crippen LogP contribution < -0.4 is 5.32 Å². The van der Waals surface area contributed by atoms with Crippen LogP contribution in [0.1, 0.15) is 57.8 Å². The molecule has 0 atom stereocenters. The Hall–Kier alpha value is -1.36. The summed E-state index contributed by atoms with van der Waals surface area (Å²) in [5, 5.41) is 3.12. The van der Waals surface area contributed by atoms with E-state index in [1.807, 2.05) is 4.90 Å². The number of ether oxygens (including phenoxy) is 1. The number of morpholine rings is 1. The molecule has 0 aromatic heterocycles. The first-order valence-corrected chi connectivity index (χ1v) is 10.1. The molecule has 1 N–H and O–H groups in total. The molecule has 3 aliphatic rings. The second-order valence-corrected chi connectivity index (χ2v) is 7.64. The van der Waals surface area contributed by atoms with Crippen LogP contribution in [0.25, 0.3) is 0 Å². The van der Waals surface area contributed by atoms with Crippen LogP contribution in [0.2, 0.25) is 0 Å². The maximum atomic E-state index is 12.5. The van der Waals surface area contributed by atoms with E-state index in [0.29, 0.717) is 13.2 Å². The molecule has 5 nitrogen and oxygen atoms in total. The standard InChI is InChI=1S/C20H32N2O3/c23-19(21-11-10-16-4-2-1-3-5-16)17-6-8-18(9-7-17)20(24)22-12-14-25-15-13-22/h4,17-18H,1-3,5-15H2,(H,21,23). The largest absolute Gasteiger partial charge is 0.378 e. The number of hydrogen-bond acceptors (Lipinski definition) is 3. The molecule has 1 saturated carbocycles. The Kier molecular flexibility index (Phi) is 6.91. The van der Waals surface area contributed by atoms with Crippen molar-refractivity contribution in [3.63, 3.8) is 0 Å². The molecule has 1 saturated heterocycles. The van der Waals surface area contributed by atoms with Crippen LogP contribution in [-0.2, 0) is 14.3 Å². The minimum Gasteiger partial charge on any atom is -0.378 e. The Balaban J connectivity index is 1.35. The maximum absolute atomic E-state index is 12.5. The predicted octanol–water partition coefficient (Wildman–Crippen LogP) is 2.66. The quantitative estimate of drug-likeness (QED) is 0.777. The van der Waals surface area contributed by atoms with Crippen LogP contribution in [0.3, 0.4) is 0 Å². The highest BCUT2D eigenvalue weighted by atomic mass is 16.5. The summed E-state index contributed by atoms with van der Waals surface area (Å²) in [6.45, 7) is 3.50. The summed E-state index contributed by atoms with van der Waals surface area (Å²) >= 11 is 0. The average molecular weight is 348 g/mol. The van der Waals surface area contributed by atoms with E-state index < -0.39 is 0 Å². The summed E-state index contributed by atoms with van der Waals surface area (Å²) in [6, 6.07) is 0. The first kappa shape index (κ1) is 18.4. The van der Waals surface area contributed by atoms with Gasteiger partial charge in [-0.25, -0.2) is 0 Å². The van der Waals surface area contributed by atoms with Gasteiger partial charge in [-0.3, -0.25) is 9.59 Å².